The number of carbonyl (C=O) groups is 1. The maximum Gasteiger partial charge on any atom is 0.343 e. The molecule has 0 amide bonds. The van der Waals surface area contributed by atoms with Crippen molar-refractivity contribution >= 4 is 16.9 Å². The van der Waals surface area contributed by atoms with Crippen LogP contribution in [0.3, 0.4) is 0 Å². The summed E-state index contributed by atoms with van der Waals surface area (Å²) < 4.78 is 15.7. The van der Waals surface area contributed by atoms with Crippen LogP contribution in [-0.2, 0) is 0 Å². The van der Waals surface area contributed by atoms with Crippen LogP contribution < -0.4 is 10.2 Å². The van der Waals surface area contributed by atoms with Gasteiger partial charge in [-0.05, 0) is 30.3 Å². The average molecular weight is 286 g/mol. The summed E-state index contributed by atoms with van der Waals surface area (Å²) >= 11 is 0. The number of methoxy groups -OCH3 is 1. The van der Waals surface area contributed by atoms with Crippen molar-refractivity contribution in [1.29, 1.82) is 0 Å². The van der Waals surface area contributed by atoms with Crippen molar-refractivity contribution in [2.24, 2.45) is 0 Å². The molecule has 0 aliphatic rings. The lowest BCUT2D eigenvalue weighted by molar-refractivity contribution is 0.0694. The van der Waals surface area contributed by atoms with Crippen molar-refractivity contribution < 1.29 is 23.5 Å². The molecule has 21 heavy (non-hydrogen) atoms. The van der Waals surface area contributed by atoms with Crippen LogP contribution in [0, 0.1) is 0 Å². The number of rotatable bonds is 3. The number of aromatic carboxylic acids is 1. The molecule has 0 unspecified atom stereocenters. The second kappa shape index (κ2) is 4.82. The summed E-state index contributed by atoms with van der Waals surface area (Å²) in [7, 11) is 1.46. The number of hydrogen-bond donors (Lipinski definition) is 1. The van der Waals surface area contributed by atoms with Crippen LogP contribution in [0.25, 0.3) is 22.5 Å². The van der Waals surface area contributed by atoms with E-state index in [-0.39, 0.29) is 22.5 Å². The molecular formula is C15H10O6. The van der Waals surface area contributed by atoms with E-state index in [9.17, 15) is 14.7 Å². The lowest BCUT2D eigenvalue weighted by Crippen LogP contribution is -2.16. The van der Waals surface area contributed by atoms with Gasteiger partial charge in [0, 0.05) is 0 Å². The predicted molar refractivity (Wildman–Crippen MR) is 73.7 cm³/mol. The molecule has 0 saturated carbocycles. The van der Waals surface area contributed by atoms with Gasteiger partial charge in [-0.25, -0.2) is 4.79 Å². The molecule has 2 heterocycles. The van der Waals surface area contributed by atoms with E-state index in [2.05, 4.69) is 0 Å². The fourth-order valence-corrected chi connectivity index (χ4v) is 2.08. The van der Waals surface area contributed by atoms with Gasteiger partial charge in [-0.2, -0.15) is 0 Å². The summed E-state index contributed by atoms with van der Waals surface area (Å²) in [5, 5.41) is 9.44. The molecule has 3 rings (SSSR count). The van der Waals surface area contributed by atoms with Crippen molar-refractivity contribution in [2.75, 3.05) is 7.11 Å². The van der Waals surface area contributed by atoms with Gasteiger partial charge in [-0.15, -0.1) is 0 Å². The molecule has 0 bridgehead atoms. The molecule has 1 aromatic carbocycles. The number of ether oxygens (including phenoxy) is 1. The third-order valence-corrected chi connectivity index (χ3v) is 3.06. The van der Waals surface area contributed by atoms with Gasteiger partial charge < -0.3 is 18.7 Å². The van der Waals surface area contributed by atoms with Gasteiger partial charge in [0.1, 0.15) is 11.3 Å². The molecule has 0 spiro atoms. The minimum Gasteiger partial charge on any atom is -0.497 e. The van der Waals surface area contributed by atoms with E-state index in [1.807, 2.05) is 0 Å². The van der Waals surface area contributed by atoms with E-state index < -0.39 is 17.0 Å². The normalized spacial score (nSPS) is 10.7. The van der Waals surface area contributed by atoms with Crippen LogP contribution in [0.2, 0.25) is 0 Å². The van der Waals surface area contributed by atoms with Crippen molar-refractivity contribution in [3.8, 4) is 17.3 Å². The van der Waals surface area contributed by atoms with Gasteiger partial charge in [-0.3, -0.25) is 4.79 Å². The van der Waals surface area contributed by atoms with Crippen molar-refractivity contribution in [2.45, 2.75) is 0 Å². The Morgan fingerprint density at radius 2 is 2.10 bits per heavy atom. The topological polar surface area (TPSA) is 89.9 Å². The molecule has 2 aromatic heterocycles. The highest BCUT2D eigenvalue weighted by Gasteiger charge is 2.23. The third kappa shape index (κ3) is 2.06. The standard InChI is InChI=1S/C15H10O6/c1-19-8-4-5-10-9(7-8)13(16)12(15(17)18)14(21-10)11-3-2-6-20-11/h2-7H,1H3,(H,17,18). The molecule has 0 atom stereocenters. The van der Waals surface area contributed by atoms with Gasteiger partial charge in [0.05, 0.1) is 18.8 Å². The second-order valence-corrected chi connectivity index (χ2v) is 4.28. The summed E-state index contributed by atoms with van der Waals surface area (Å²) in [6, 6.07) is 7.73. The van der Waals surface area contributed by atoms with Crippen LogP contribution in [-0.4, -0.2) is 18.2 Å². The van der Waals surface area contributed by atoms with Crippen LogP contribution in [0.1, 0.15) is 10.4 Å². The molecule has 0 aliphatic carbocycles. The minimum atomic E-state index is -1.38. The first-order valence-corrected chi connectivity index (χ1v) is 6.04. The highest BCUT2D eigenvalue weighted by molar-refractivity contribution is 5.97. The Hall–Kier alpha value is -3.02. The quantitative estimate of drug-likeness (QED) is 0.796. The molecule has 0 radical (unpaired) electrons. The molecule has 0 saturated heterocycles. The first-order valence-electron chi connectivity index (χ1n) is 6.04. The van der Waals surface area contributed by atoms with Gasteiger partial charge in [0.15, 0.2) is 17.1 Å². The maximum atomic E-state index is 12.4. The van der Waals surface area contributed by atoms with Crippen molar-refractivity contribution in [3.05, 3.63) is 52.4 Å². The van der Waals surface area contributed by atoms with E-state index in [1.54, 1.807) is 18.2 Å². The highest BCUT2D eigenvalue weighted by Crippen LogP contribution is 2.28. The van der Waals surface area contributed by atoms with Crippen LogP contribution >= 0.6 is 0 Å². The van der Waals surface area contributed by atoms with Gasteiger partial charge in [-0.1, -0.05) is 0 Å². The van der Waals surface area contributed by atoms with Gasteiger partial charge in [0.25, 0.3) is 0 Å². The molecule has 1 N–H and O–H groups in total. The molecule has 6 heteroatoms. The van der Waals surface area contributed by atoms with Gasteiger partial charge >= 0.3 is 5.97 Å². The minimum absolute atomic E-state index is 0.102. The zero-order chi connectivity index (χ0) is 15.0. The Morgan fingerprint density at radius 3 is 2.71 bits per heavy atom. The summed E-state index contributed by atoms with van der Waals surface area (Å²) in [4.78, 5) is 23.8. The smallest absolute Gasteiger partial charge is 0.343 e. The number of benzene rings is 1. The van der Waals surface area contributed by atoms with E-state index in [0.717, 1.165) is 0 Å². The molecular weight excluding hydrogens is 276 g/mol. The summed E-state index contributed by atoms with van der Waals surface area (Å²) in [6.45, 7) is 0. The molecule has 106 valence electrons. The zero-order valence-electron chi connectivity index (χ0n) is 11.0. The monoisotopic (exact) mass is 286 g/mol. The highest BCUT2D eigenvalue weighted by atomic mass is 16.5. The second-order valence-electron chi connectivity index (χ2n) is 4.28. The average Bonchev–Trinajstić information content (AvgIpc) is 3.00. The lowest BCUT2D eigenvalue weighted by Gasteiger charge is -2.06. The van der Waals surface area contributed by atoms with Crippen molar-refractivity contribution in [1.82, 2.24) is 0 Å². The first-order chi connectivity index (χ1) is 10.1. The predicted octanol–water partition coefficient (Wildman–Crippen LogP) is 2.76. The fourth-order valence-electron chi connectivity index (χ4n) is 2.08. The SMILES string of the molecule is COc1ccc2oc(-c3ccco3)c(C(=O)O)c(=O)c2c1. The fraction of sp³-hybridized carbons (Fsp3) is 0.0667. The largest absolute Gasteiger partial charge is 0.497 e. The Kier molecular flexibility index (Phi) is 2.98. The first kappa shape index (κ1) is 13.0. The summed E-state index contributed by atoms with van der Waals surface area (Å²) in [5.41, 5.74) is -0.850. The van der Waals surface area contributed by atoms with E-state index >= 15 is 0 Å². The van der Waals surface area contributed by atoms with Crippen molar-refractivity contribution in [3.63, 3.8) is 0 Å². The Balaban J connectivity index is 2.41. The molecule has 0 fully saturated rings. The lowest BCUT2D eigenvalue weighted by atomic mass is 10.1. The number of carboxylic acids is 1. The number of hydrogen-bond acceptors (Lipinski definition) is 5. The van der Waals surface area contributed by atoms with Gasteiger partial charge in [0.2, 0.25) is 5.43 Å². The van der Waals surface area contributed by atoms with Crippen LogP contribution in [0.15, 0.2) is 50.2 Å². The van der Waals surface area contributed by atoms with Crippen LogP contribution in [0.4, 0.5) is 0 Å². The molecule has 0 aliphatic heterocycles. The van der Waals surface area contributed by atoms with Crippen LogP contribution in [0.5, 0.6) is 5.75 Å². The van der Waals surface area contributed by atoms with E-state index in [4.69, 9.17) is 13.6 Å². The number of fused-ring (bicyclic) bond motifs is 1. The number of carboxylic acid groups (broad SMARTS) is 1. The van der Waals surface area contributed by atoms with E-state index in [0.29, 0.717) is 5.75 Å². The Bertz CT molecular complexity index is 873. The van der Waals surface area contributed by atoms with E-state index in [1.165, 1.54) is 25.5 Å². The Morgan fingerprint density at radius 1 is 1.29 bits per heavy atom. The molecule has 6 nitrogen and oxygen atoms in total. The third-order valence-electron chi connectivity index (χ3n) is 3.06. The molecule has 3 aromatic rings. The maximum absolute atomic E-state index is 12.4. The summed E-state index contributed by atoms with van der Waals surface area (Å²) in [5.74, 6) is -0.853. The number of furan rings is 1. The Labute approximate surface area is 118 Å². The zero-order valence-corrected chi connectivity index (χ0v) is 11.0. The summed E-state index contributed by atoms with van der Waals surface area (Å²) in [6.07, 6.45) is 1.37.